The maximum Gasteiger partial charge on any atom is 0.416 e. The SMILES string of the molecule is [N-]=[N+]=N[C@@H]1c2ccccc2C[C@H]1Oc1ccc(C(F)(F)F)cc1NC(=O)Nc1cc(C(F)(F)F)cc(C(F)(F)F)c1. The highest BCUT2D eigenvalue weighted by Crippen LogP contribution is 2.41. The molecule has 3 aromatic rings. The Balaban J connectivity index is 1.65. The number of ether oxygens (including phenoxy) is 1. The van der Waals surface area contributed by atoms with Crippen molar-refractivity contribution in [3.63, 3.8) is 0 Å². The molecule has 1 aliphatic carbocycles. The fraction of sp³-hybridized carbons (Fsp3) is 0.240. The van der Waals surface area contributed by atoms with E-state index in [1.54, 1.807) is 29.6 Å². The van der Waals surface area contributed by atoms with Crippen LogP contribution >= 0.6 is 0 Å². The zero-order chi connectivity index (χ0) is 30.2. The Morgan fingerprint density at radius 2 is 1.44 bits per heavy atom. The van der Waals surface area contributed by atoms with E-state index in [2.05, 4.69) is 10.0 Å². The predicted molar refractivity (Wildman–Crippen MR) is 127 cm³/mol. The number of benzene rings is 3. The first-order valence-electron chi connectivity index (χ1n) is 11.4. The van der Waals surface area contributed by atoms with Gasteiger partial charge in [-0.15, -0.1) is 0 Å². The van der Waals surface area contributed by atoms with Crippen LogP contribution < -0.4 is 15.4 Å². The van der Waals surface area contributed by atoms with Gasteiger partial charge in [0.2, 0.25) is 0 Å². The molecule has 216 valence electrons. The second kappa shape index (κ2) is 10.8. The number of halogens is 9. The number of amides is 2. The van der Waals surface area contributed by atoms with E-state index in [9.17, 15) is 44.3 Å². The number of hydrogen-bond donors (Lipinski definition) is 2. The molecule has 16 heteroatoms. The van der Waals surface area contributed by atoms with Gasteiger partial charge in [-0.2, -0.15) is 39.5 Å². The summed E-state index contributed by atoms with van der Waals surface area (Å²) < 4.78 is 125. The Morgan fingerprint density at radius 1 is 0.829 bits per heavy atom. The summed E-state index contributed by atoms with van der Waals surface area (Å²) in [5.41, 5.74) is 4.15. The first kappa shape index (κ1) is 29.4. The summed E-state index contributed by atoms with van der Waals surface area (Å²) in [6.45, 7) is 0. The average molecular weight is 589 g/mol. The highest BCUT2D eigenvalue weighted by atomic mass is 19.4. The maximum absolute atomic E-state index is 13.4. The molecular formula is C25H16F9N5O2. The van der Waals surface area contributed by atoms with Gasteiger partial charge in [0.05, 0.1) is 22.4 Å². The maximum atomic E-state index is 13.4. The largest absolute Gasteiger partial charge is 0.487 e. The molecule has 0 fully saturated rings. The molecule has 3 aromatic carbocycles. The van der Waals surface area contributed by atoms with Gasteiger partial charge in [-0.25, -0.2) is 4.79 Å². The van der Waals surface area contributed by atoms with Crippen LogP contribution in [0.3, 0.4) is 0 Å². The van der Waals surface area contributed by atoms with E-state index in [4.69, 9.17) is 10.3 Å². The third-order valence-electron chi connectivity index (χ3n) is 6.00. The highest BCUT2D eigenvalue weighted by Gasteiger charge is 2.38. The van der Waals surface area contributed by atoms with Crippen molar-refractivity contribution in [1.82, 2.24) is 0 Å². The van der Waals surface area contributed by atoms with Crippen LogP contribution in [-0.4, -0.2) is 12.1 Å². The van der Waals surface area contributed by atoms with Crippen LogP contribution in [0.15, 0.2) is 65.8 Å². The lowest BCUT2D eigenvalue weighted by molar-refractivity contribution is -0.143. The molecule has 0 saturated heterocycles. The molecule has 0 bridgehead atoms. The number of carbonyl (C=O) groups excluding carboxylic acids is 1. The van der Waals surface area contributed by atoms with Crippen LogP contribution in [-0.2, 0) is 24.9 Å². The summed E-state index contributed by atoms with van der Waals surface area (Å²) in [5, 5.41) is 7.47. The number of fused-ring (bicyclic) bond motifs is 1. The van der Waals surface area contributed by atoms with Crippen LogP contribution in [0.25, 0.3) is 10.4 Å². The zero-order valence-corrected chi connectivity index (χ0v) is 20.2. The second-order valence-electron chi connectivity index (χ2n) is 8.79. The number of alkyl halides is 9. The average Bonchev–Trinajstić information content (AvgIpc) is 3.20. The van der Waals surface area contributed by atoms with Gasteiger partial charge in [0.1, 0.15) is 17.9 Å². The van der Waals surface area contributed by atoms with Gasteiger partial charge >= 0.3 is 24.6 Å². The van der Waals surface area contributed by atoms with E-state index in [0.29, 0.717) is 17.7 Å². The number of urea groups is 1. The summed E-state index contributed by atoms with van der Waals surface area (Å²) in [6.07, 6.45) is -16.0. The molecule has 4 rings (SSSR count). The Morgan fingerprint density at radius 3 is 2.02 bits per heavy atom. The summed E-state index contributed by atoms with van der Waals surface area (Å²) in [4.78, 5) is 15.4. The van der Waals surface area contributed by atoms with E-state index >= 15 is 0 Å². The molecule has 2 atom stereocenters. The van der Waals surface area contributed by atoms with E-state index in [0.717, 1.165) is 11.6 Å². The molecule has 41 heavy (non-hydrogen) atoms. The third-order valence-corrected chi connectivity index (χ3v) is 6.00. The van der Waals surface area contributed by atoms with Crippen LogP contribution in [0, 0.1) is 0 Å². The van der Waals surface area contributed by atoms with Crippen LogP contribution in [0.1, 0.15) is 33.9 Å². The Hall–Kier alpha value is -4.59. The van der Waals surface area contributed by atoms with Gasteiger partial charge in [0, 0.05) is 17.0 Å². The number of nitrogens with one attached hydrogen (secondary N) is 2. The number of azide groups is 1. The molecule has 7 nitrogen and oxygen atoms in total. The molecule has 2 amide bonds. The normalized spacial score (nSPS) is 16.9. The Kier molecular flexibility index (Phi) is 7.72. The minimum Gasteiger partial charge on any atom is -0.487 e. The number of hydrogen-bond acceptors (Lipinski definition) is 3. The number of nitrogens with zero attached hydrogens (tertiary/aromatic N) is 3. The molecule has 0 heterocycles. The van der Waals surface area contributed by atoms with Crippen molar-refractivity contribution in [2.24, 2.45) is 5.11 Å². The Labute approximate surface area is 224 Å². The van der Waals surface area contributed by atoms with Crippen molar-refractivity contribution >= 4 is 17.4 Å². The molecule has 2 N–H and O–H groups in total. The van der Waals surface area contributed by atoms with Crippen molar-refractivity contribution in [3.8, 4) is 5.75 Å². The number of rotatable bonds is 5. The van der Waals surface area contributed by atoms with E-state index in [1.807, 2.05) is 5.32 Å². The summed E-state index contributed by atoms with van der Waals surface area (Å²) in [6, 6.07) is 6.76. The van der Waals surface area contributed by atoms with Crippen molar-refractivity contribution in [2.75, 3.05) is 10.6 Å². The number of carbonyl (C=O) groups is 1. The van der Waals surface area contributed by atoms with Gasteiger partial charge in [-0.05, 0) is 53.1 Å². The monoisotopic (exact) mass is 589 g/mol. The topological polar surface area (TPSA) is 99.1 Å². The first-order chi connectivity index (χ1) is 19.1. The quantitative estimate of drug-likeness (QED) is 0.135. The fourth-order valence-electron chi connectivity index (χ4n) is 4.22. The Bertz CT molecular complexity index is 1480. The molecule has 0 unspecified atom stereocenters. The van der Waals surface area contributed by atoms with Crippen molar-refractivity contribution in [1.29, 1.82) is 0 Å². The zero-order valence-electron chi connectivity index (χ0n) is 20.2. The molecular weight excluding hydrogens is 573 g/mol. The standard InChI is InChI=1S/C25H16F9N5O2/c26-23(27,28)13-5-6-19(41-20-7-12-3-1-2-4-17(12)21(20)38-39-35)18(11-13)37-22(40)36-16-9-14(24(29,30)31)8-15(10-16)25(32,33)34/h1-6,8-11,20-21H,7H2,(H2,36,37,40)/t20-,21-/m1/s1. The molecule has 1 aliphatic rings. The lowest BCUT2D eigenvalue weighted by Gasteiger charge is -2.22. The van der Waals surface area contributed by atoms with E-state index < -0.39 is 64.8 Å². The highest BCUT2D eigenvalue weighted by molar-refractivity contribution is 6.00. The van der Waals surface area contributed by atoms with Crippen molar-refractivity contribution < 1.29 is 49.0 Å². The molecule has 0 spiro atoms. The summed E-state index contributed by atoms with van der Waals surface area (Å²) in [7, 11) is 0. The van der Waals surface area contributed by atoms with Gasteiger partial charge in [-0.1, -0.05) is 29.4 Å². The summed E-state index contributed by atoms with van der Waals surface area (Å²) >= 11 is 0. The molecule has 0 saturated carbocycles. The van der Waals surface area contributed by atoms with Crippen molar-refractivity contribution in [2.45, 2.75) is 37.1 Å². The number of anilines is 2. The smallest absolute Gasteiger partial charge is 0.416 e. The molecule has 0 radical (unpaired) electrons. The van der Waals surface area contributed by atoms with E-state index in [-0.39, 0.29) is 30.4 Å². The molecule has 0 aromatic heterocycles. The van der Waals surface area contributed by atoms with Gasteiger partial charge < -0.3 is 15.4 Å². The minimum absolute atomic E-state index is 0.151. The third kappa shape index (κ3) is 6.77. The lowest BCUT2D eigenvalue weighted by atomic mass is 10.1. The second-order valence-corrected chi connectivity index (χ2v) is 8.79. The van der Waals surface area contributed by atoms with Crippen LogP contribution in [0.2, 0.25) is 0 Å². The van der Waals surface area contributed by atoms with Crippen LogP contribution in [0.4, 0.5) is 55.7 Å². The van der Waals surface area contributed by atoms with Gasteiger partial charge in [-0.3, -0.25) is 0 Å². The lowest BCUT2D eigenvalue weighted by Crippen LogP contribution is -2.24. The molecule has 0 aliphatic heterocycles. The van der Waals surface area contributed by atoms with Gasteiger partial charge in [0.15, 0.2) is 0 Å². The van der Waals surface area contributed by atoms with Gasteiger partial charge in [0.25, 0.3) is 0 Å². The summed E-state index contributed by atoms with van der Waals surface area (Å²) in [5.74, 6) is -0.330. The fourth-order valence-corrected chi connectivity index (χ4v) is 4.22. The van der Waals surface area contributed by atoms with E-state index in [1.165, 1.54) is 0 Å². The predicted octanol–water partition coefficient (Wildman–Crippen LogP) is 8.74. The first-order valence-corrected chi connectivity index (χ1v) is 11.4. The minimum atomic E-state index is -5.20. The van der Waals surface area contributed by atoms with Crippen LogP contribution in [0.5, 0.6) is 5.75 Å². The van der Waals surface area contributed by atoms with Crippen molar-refractivity contribution in [3.05, 3.63) is 98.9 Å².